The second-order valence-corrected chi connectivity index (χ2v) is 3.62. The number of nitro benzene ring substituents is 1. The highest BCUT2D eigenvalue weighted by Gasteiger charge is 2.17. The van der Waals surface area contributed by atoms with Crippen molar-refractivity contribution in [1.82, 2.24) is 0 Å². The highest BCUT2D eigenvalue weighted by Crippen LogP contribution is 2.28. The smallest absolute Gasteiger partial charge is 0.311 e. The molecule has 0 bridgehead atoms. The molecule has 3 N–H and O–H groups in total. The fourth-order valence-corrected chi connectivity index (χ4v) is 1.38. The summed E-state index contributed by atoms with van der Waals surface area (Å²) in [6.07, 6.45) is 0.621. The molecule has 0 saturated heterocycles. The first-order chi connectivity index (χ1) is 9.10. The minimum atomic E-state index is -0.584. The molecule has 0 radical (unpaired) electrons. The molecule has 0 unspecified atom stereocenters. The van der Waals surface area contributed by atoms with Gasteiger partial charge < -0.3 is 20.4 Å². The van der Waals surface area contributed by atoms with Gasteiger partial charge in [0.05, 0.1) is 11.5 Å². The van der Waals surface area contributed by atoms with E-state index in [1.165, 1.54) is 18.2 Å². The van der Waals surface area contributed by atoms with Crippen LogP contribution in [0.5, 0.6) is 5.75 Å². The molecule has 0 heterocycles. The fraction of sp³-hybridized carbons (Fsp3) is 0.364. The van der Waals surface area contributed by atoms with E-state index >= 15 is 0 Å². The number of nitrogens with two attached hydrogens (primary N) is 1. The van der Waals surface area contributed by atoms with Gasteiger partial charge in [0.2, 0.25) is 0 Å². The van der Waals surface area contributed by atoms with Gasteiger partial charge in [-0.2, -0.15) is 0 Å². The number of benzene rings is 1. The monoisotopic (exact) mass is 269 g/mol. The molecule has 0 aliphatic carbocycles. The first-order valence-electron chi connectivity index (χ1n) is 5.48. The Kier molecular flexibility index (Phi) is 5.55. The molecule has 1 rings (SSSR count). The fourth-order valence-electron chi connectivity index (χ4n) is 1.38. The van der Waals surface area contributed by atoms with Crippen LogP contribution in [0.15, 0.2) is 23.4 Å². The van der Waals surface area contributed by atoms with Crippen molar-refractivity contribution in [2.45, 2.75) is 6.42 Å². The van der Waals surface area contributed by atoms with E-state index in [1.54, 1.807) is 7.11 Å². The van der Waals surface area contributed by atoms with Gasteiger partial charge in [-0.05, 0) is 12.1 Å². The van der Waals surface area contributed by atoms with E-state index in [4.69, 9.17) is 20.4 Å². The summed E-state index contributed by atoms with van der Waals surface area (Å²) in [7, 11) is 1.56. The van der Waals surface area contributed by atoms with Crippen LogP contribution in [-0.4, -0.2) is 36.3 Å². The number of nitro groups is 1. The van der Waals surface area contributed by atoms with Gasteiger partial charge >= 0.3 is 5.69 Å². The third kappa shape index (κ3) is 4.11. The predicted octanol–water partition coefficient (Wildman–Crippen LogP) is 1.10. The van der Waals surface area contributed by atoms with Crippen molar-refractivity contribution < 1.29 is 19.6 Å². The molecule has 0 atom stereocenters. The van der Waals surface area contributed by atoms with Crippen molar-refractivity contribution in [3.63, 3.8) is 0 Å². The molecule has 104 valence electrons. The predicted molar refractivity (Wildman–Crippen MR) is 67.6 cm³/mol. The Balaban J connectivity index is 2.89. The van der Waals surface area contributed by atoms with Crippen LogP contribution in [0.25, 0.3) is 0 Å². The van der Waals surface area contributed by atoms with Crippen LogP contribution in [0.1, 0.15) is 12.0 Å². The van der Waals surface area contributed by atoms with Gasteiger partial charge in [0.1, 0.15) is 0 Å². The number of amidine groups is 1. The first-order valence-corrected chi connectivity index (χ1v) is 5.48. The van der Waals surface area contributed by atoms with E-state index < -0.39 is 4.92 Å². The van der Waals surface area contributed by atoms with Crippen molar-refractivity contribution >= 4 is 11.5 Å². The molecule has 0 spiro atoms. The van der Waals surface area contributed by atoms with Crippen molar-refractivity contribution in [2.24, 2.45) is 10.9 Å². The topological polar surface area (TPSA) is 120 Å². The van der Waals surface area contributed by atoms with Crippen molar-refractivity contribution in [1.29, 1.82) is 0 Å². The van der Waals surface area contributed by atoms with Gasteiger partial charge in [-0.1, -0.05) is 5.16 Å². The number of oxime groups is 1. The molecule has 1 aromatic carbocycles. The maximum atomic E-state index is 10.9. The van der Waals surface area contributed by atoms with Gasteiger partial charge in [0.25, 0.3) is 0 Å². The van der Waals surface area contributed by atoms with Crippen molar-refractivity contribution in [3.05, 3.63) is 33.9 Å². The Hall–Kier alpha value is -2.35. The van der Waals surface area contributed by atoms with E-state index in [0.717, 1.165) is 0 Å². The molecule has 8 heteroatoms. The average Bonchev–Trinajstić information content (AvgIpc) is 2.42. The molecule has 0 amide bonds. The minimum Gasteiger partial charge on any atom is -0.487 e. The first kappa shape index (κ1) is 14.7. The van der Waals surface area contributed by atoms with Crippen molar-refractivity contribution in [3.8, 4) is 5.75 Å². The quantitative estimate of drug-likeness (QED) is 0.191. The van der Waals surface area contributed by atoms with Gasteiger partial charge in [0, 0.05) is 31.8 Å². The lowest BCUT2D eigenvalue weighted by Crippen LogP contribution is -2.13. The lowest BCUT2D eigenvalue weighted by molar-refractivity contribution is -0.385. The zero-order chi connectivity index (χ0) is 14.3. The highest BCUT2D eigenvalue weighted by molar-refractivity contribution is 5.97. The van der Waals surface area contributed by atoms with E-state index in [-0.39, 0.29) is 22.8 Å². The number of nitrogens with zero attached hydrogens (tertiary/aromatic N) is 2. The van der Waals surface area contributed by atoms with Gasteiger partial charge in [-0.15, -0.1) is 0 Å². The molecule has 0 fully saturated rings. The summed E-state index contributed by atoms with van der Waals surface area (Å²) in [4.78, 5) is 10.3. The van der Waals surface area contributed by atoms with Crippen LogP contribution in [0, 0.1) is 10.1 Å². The van der Waals surface area contributed by atoms with Gasteiger partial charge in [0.15, 0.2) is 11.6 Å². The van der Waals surface area contributed by atoms with Crippen LogP contribution in [0.2, 0.25) is 0 Å². The lowest BCUT2D eigenvalue weighted by atomic mass is 10.1. The van der Waals surface area contributed by atoms with Crippen LogP contribution < -0.4 is 10.5 Å². The molecular formula is C11H15N3O5. The normalized spacial score (nSPS) is 11.3. The third-order valence-corrected chi connectivity index (χ3v) is 2.31. The zero-order valence-corrected chi connectivity index (χ0v) is 10.4. The molecule has 8 nitrogen and oxygen atoms in total. The number of rotatable bonds is 7. The second-order valence-electron chi connectivity index (χ2n) is 3.62. The molecule has 0 saturated carbocycles. The third-order valence-electron chi connectivity index (χ3n) is 2.31. The second kappa shape index (κ2) is 7.17. The Morgan fingerprint density at radius 3 is 2.84 bits per heavy atom. The summed E-state index contributed by atoms with van der Waals surface area (Å²) in [6, 6.07) is 4.09. The summed E-state index contributed by atoms with van der Waals surface area (Å²) in [5.41, 5.74) is 5.39. The Labute approximate surface area is 109 Å². The maximum Gasteiger partial charge on any atom is 0.311 e. The standard InChI is InChI=1S/C11H15N3O5/c1-18-5-2-6-19-10-4-3-8(11(12)13-15)7-9(10)14(16)17/h3-4,7,15H,2,5-6H2,1H3,(H2,12,13). The van der Waals surface area contributed by atoms with E-state index in [2.05, 4.69) is 5.16 Å². The van der Waals surface area contributed by atoms with Crippen molar-refractivity contribution in [2.75, 3.05) is 20.3 Å². The van der Waals surface area contributed by atoms with E-state index in [1.807, 2.05) is 0 Å². The van der Waals surface area contributed by atoms with Crippen LogP contribution in [-0.2, 0) is 4.74 Å². The Bertz CT molecular complexity index is 475. The van der Waals surface area contributed by atoms with Gasteiger partial charge in [-0.3, -0.25) is 10.1 Å². The number of ether oxygens (including phenoxy) is 2. The van der Waals surface area contributed by atoms with E-state index in [0.29, 0.717) is 19.6 Å². The highest BCUT2D eigenvalue weighted by atomic mass is 16.6. The van der Waals surface area contributed by atoms with Crippen LogP contribution in [0.3, 0.4) is 0 Å². The van der Waals surface area contributed by atoms with Crippen LogP contribution in [0.4, 0.5) is 5.69 Å². The van der Waals surface area contributed by atoms with E-state index in [9.17, 15) is 10.1 Å². The van der Waals surface area contributed by atoms with Crippen LogP contribution >= 0.6 is 0 Å². The maximum absolute atomic E-state index is 10.9. The summed E-state index contributed by atoms with van der Waals surface area (Å²) in [5.74, 6) is -0.0652. The molecule has 0 aliphatic heterocycles. The summed E-state index contributed by atoms with van der Waals surface area (Å²) in [5, 5.41) is 22.3. The number of hydrogen-bond donors (Lipinski definition) is 2. The molecular weight excluding hydrogens is 254 g/mol. The SMILES string of the molecule is COCCCOc1ccc(C(N)=NO)cc1[N+](=O)[O-]. The summed E-state index contributed by atoms with van der Waals surface area (Å²) < 4.78 is 10.2. The zero-order valence-electron chi connectivity index (χ0n) is 10.4. The summed E-state index contributed by atoms with van der Waals surface area (Å²) >= 11 is 0. The minimum absolute atomic E-state index is 0.135. The number of methoxy groups -OCH3 is 1. The molecule has 0 aromatic heterocycles. The molecule has 19 heavy (non-hydrogen) atoms. The molecule has 1 aromatic rings. The molecule has 0 aliphatic rings. The number of hydrogen-bond acceptors (Lipinski definition) is 6. The Morgan fingerprint density at radius 1 is 1.53 bits per heavy atom. The Morgan fingerprint density at radius 2 is 2.26 bits per heavy atom. The lowest BCUT2D eigenvalue weighted by Gasteiger charge is -2.07. The summed E-state index contributed by atoms with van der Waals surface area (Å²) in [6.45, 7) is 0.813. The largest absolute Gasteiger partial charge is 0.487 e. The average molecular weight is 269 g/mol. The van der Waals surface area contributed by atoms with Gasteiger partial charge in [-0.25, -0.2) is 0 Å².